The first-order valence-electron chi connectivity index (χ1n) is 6.47. The van der Waals surface area contributed by atoms with E-state index in [1.807, 2.05) is 13.8 Å². The molecule has 0 saturated carbocycles. The summed E-state index contributed by atoms with van der Waals surface area (Å²) in [6.07, 6.45) is 1.28. The van der Waals surface area contributed by atoms with Crippen LogP contribution in [0.15, 0.2) is 22.3 Å². The zero-order valence-corrected chi connectivity index (χ0v) is 12.8. The summed E-state index contributed by atoms with van der Waals surface area (Å²) in [5.74, 6) is -1.22. The highest BCUT2D eigenvalue weighted by Gasteiger charge is 2.32. The van der Waals surface area contributed by atoms with Crippen LogP contribution < -0.4 is 5.32 Å². The molecule has 22 heavy (non-hydrogen) atoms. The molecule has 1 atom stereocenters. The number of aryl methyl sites for hydroxylation is 2. The summed E-state index contributed by atoms with van der Waals surface area (Å²) in [4.78, 5) is 22.2. The third-order valence-electron chi connectivity index (χ3n) is 3.05. The Kier molecular flexibility index (Phi) is 4.81. The molecule has 1 aromatic rings. The molecule has 1 aromatic carbocycles. The highest BCUT2D eigenvalue weighted by atomic mass is 32.2. The van der Waals surface area contributed by atoms with Crippen molar-refractivity contribution in [3.63, 3.8) is 0 Å². The second-order valence-corrected chi connectivity index (χ2v) is 6.03. The Labute approximate surface area is 131 Å². The standard InChI is InChI=1S/C14H15N3O4S/c1-7-3-9(18)4-8(2)10(7)6-15-17-14-16-13(21)11(22-14)5-12(19)20/h3-4,6,11,18H,5H2,1-2H3,(H,19,20)(H,16,17,21). The monoisotopic (exact) mass is 321 g/mol. The number of aliphatic carboxylic acids is 1. The van der Waals surface area contributed by atoms with Crippen LogP contribution in [0.5, 0.6) is 5.75 Å². The minimum absolute atomic E-state index is 0.189. The van der Waals surface area contributed by atoms with Crippen molar-refractivity contribution in [2.75, 3.05) is 0 Å². The van der Waals surface area contributed by atoms with E-state index < -0.39 is 11.2 Å². The van der Waals surface area contributed by atoms with Gasteiger partial charge in [-0.15, -0.1) is 5.10 Å². The number of amidine groups is 1. The fraction of sp³-hybridized carbons (Fsp3) is 0.286. The van der Waals surface area contributed by atoms with Gasteiger partial charge in [0.1, 0.15) is 11.0 Å². The maximum atomic E-state index is 11.5. The van der Waals surface area contributed by atoms with Crippen molar-refractivity contribution >= 4 is 35.0 Å². The molecule has 1 amide bonds. The number of phenols is 1. The topological polar surface area (TPSA) is 111 Å². The summed E-state index contributed by atoms with van der Waals surface area (Å²) in [6.45, 7) is 3.69. The van der Waals surface area contributed by atoms with Gasteiger partial charge in [-0.25, -0.2) is 0 Å². The second kappa shape index (κ2) is 6.61. The molecule has 1 aliphatic heterocycles. The molecule has 1 unspecified atom stereocenters. The largest absolute Gasteiger partial charge is 0.508 e. The summed E-state index contributed by atoms with van der Waals surface area (Å²) >= 11 is 1.05. The van der Waals surface area contributed by atoms with Crippen molar-refractivity contribution in [2.45, 2.75) is 25.5 Å². The van der Waals surface area contributed by atoms with Gasteiger partial charge in [0.15, 0.2) is 5.17 Å². The smallest absolute Gasteiger partial charge is 0.305 e. The average molecular weight is 321 g/mol. The Balaban J connectivity index is 2.10. The van der Waals surface area contributed by atoms with E-state index in [2.05, 4.69) is 15.5 Å². The number of hydrogen-bond donors (Lipinski definition) is 3. The second-order valence-electron chi connectivity index (χ2n) is 4.84. The lowest BCUT2D eigenvalue weighted by atomic mass is 10.0. The number of rotatable bonds is 4. The normalized spacial score (nSPS) is 19.8. The number of carboxylic acids is 1. The summed E-state index contributed by atoms with van der Waals surface area (Å²) < 4.78 is 0. The van der Waals surface area contributed by atoms with Crippen molar-refractivity contribution in [2.24, 2.45) is 10.2 Å². The van der Waals surface area contributed by atoms with Gasteiger partial charge in [-0.05, 0) is 37.1 Å². The Morgan fingerprint density at radius 2 is 2.05 bits per heavy atom. The molecular weight excluding hydrogens is 306 g/mol. The number of benzene rings is 1. The van der Waals surface area contributed by atoms with Crippen molar-refractivity contribution in [3.05, 3.63) is 28.8 Å². The first-order valence-corrected chi connectivity index (χ1v) is 7.35. The maximum absolute atomic E-state index is 11.5. The number of hydrogen-bond acceptors (Lipinski definition) is 6. The first-order chi connectivity index (χ1) is 10.4. The third-order valence-corrected chi connectivity index (χ3v) is 4.12. The van der Waals surface area contributed by atoms with Gasteiger partial charge in [0.25, 0.3) is 0 Å². The molecule has 7 nitrogen and oxygen atoms in total. The van der Waals surface area contributed by atoms with Crippen molar-refractivity contribution in [1.82, 2.24) is 5.32 Å². The van der Waals surface area contributed by atoms with Gasteiger partial charge in [-0.2, -0.15) is 5.10 Å². The minimum Gasteiger partial charge on any atom is -0.508 e. The summed E-state index contributed by atoms with van der Waals surface area (Å²) in [6, 6.07) is 3.24. The van der Waals surface area contributed by atoms with Crippen LogP contribution in [0.2, 0.25) is 0 Å². The van der Waals surface area contributed by atoms with Crippen LogP contribution in [0.25, 0.3) is 0 Å². The number of amides is 1. The van der Waals surface area contributed by atoms with Crippen LogP contribution in [-0.2, 0) is 9.59 Å². The fourth-order valence-electron chi connectivity index (χ4n) is 2.04. The molecule has 1 aliphatic rings. The lowest BCUT2D eigenvalue weighted by Crippen LogP contribution is -2.26. The third kappa shape index (κ3) is 3.85. The molecule has 8 heteroatoms. The molecule has 1 saturated heterocycles. The lowest BCUT2D eigenvalue weighted by molar-refractivity contribution is -0.138. The molecule has 0 bridgehead atoms. The molecule has 0 aromatic heterocycles. The van der Waals surface area contributed by atoms with Crippen LogP contribution >= 0.6 is 11.8 Å². The quantitative estimate of drug-likeness (QED) is 0.573. The summed E-state index contributed by atoms with van der Waals surface area (Å²) in [5, 5.41) is 28.1. The number of phenolic OH excluding ortho intramolecular Hbond substituents is 1. The Morgan fingerprint density at radius 3 is 2.64 bits per heavy atom. The lowest BCUT2D eigenvalue weighted by Gasteiger charge is -2.04. The number of carbonyl (C=O) groups is 2. The molecule has 2 rings (SSSR count). The molecule has 1 heterocycles. The maximum Gasteiger partial charge on any atom is 0.305 e. The molecule has 116 valence electrons. The number of carbonyl (C=O) groups excluding carboxylic acids is 1. The molecule has 1 fully saturated rings. The van der Waals surface area contributed by atoms with Crippen LogP contribution in [0.3, 0.4) is 0 Å². The Morgan fingerprint density at radius 1 is 1.41 bits per heavy atom. The van der Waals surface area contributed by atoms with Gasteiger partial charge in [-0.3, -0.25) is 9.59 Å². The fourth-order valence-corrected chi connectivity index (χ4v) is 2.95. The average Bonchev–Trinajstić information content (AvgIpc) is 2.72. The number of thioether (sulfide) groups is 1. The number of aromatic hydroxyl groups is 1. The van der Waals surface area contributed by atoms with E-state index in [4.69, 9.17) is 5.11 Å². The van der Waals surface area contributed by atoms with Gasteiger partial charge < -0.3 is 15.5 Å². The van der Waals surface area contributed by atoms with Gasteiger partial charge in [0, 0.05) is 5.56 Å². The zero-order valence-electron chi connectivity index (χ0n) is 12.0. The first kappa shape index (κ1) is 16.0. The predicted molar refractivity (Wildman–Crippen MR) is 84.4 cm³/mol. The van der Waals surface area contributed by atoms with E-state index in [-0.39, 0.29) is 23.2 Å². The Bertz CT molecular complexity index is 662. The minimum atomic E-state index is -1.03. The van der Waals surface area contributed by atoms with Gasteiger partial charge in [0.05, 0.1) is 12.6 Å². The van der Waals surface area contributed by atoms with Crippen LogP contribution in [0.4, 0.5) is 0 Å². The highest BCUT2D eigenvalue weighted by Crippen LogP contribution is 2.22. The SMILES string of the molecule is Cc1cc(O)cc(C)c1C=NN=C1NC(=O)C(CC(=O)O)S1. The summed E-state index contributed by atoms with van der Waals surface area (Å²) in [5.41, 5.74) is 2.54. The van der Waals surface area contributed by atoms with Crippen LogP contribution in [0, 0.1) is 13.8 Å². The molecule has 0 aliphatic carbocycles. The molecule has 0 spiro atoms. The van der Waals surface area contributed by atoms with E-state index in [0.717, 1.165) is 28.5 Å². The highest BCUT2D eigenvalue weighted by molar-refractivity contribution is 8.15. The zero-order chi connectivity index (χ0) is 16.3. The number of nitrogens with one attached hydrogen (secondary N) is 1. The van der Waals surface area contributed by atoms with Crippen LogP contribution in [0.1, 0.15) is 23.1 Å². The van der Waals surface area contributed by atoms with Crippen molar-refractivity contribution in [3.8, 4) is 5.75 Å². The van der Waals surface area contributed by atoms with Crippen molar-refractivity contribution in [1.29, 1.82) is 0 Å². The van der Waals surface area contributed by atoms with E-state index in [1.165, 1.54) is 6.21 Å². The summed E-state index contributed by atoms with van der Waals surface area (Å²) in [7, 11) is 0. The Hall–Kier alpha value is -2.35. The molecular formula is C14H15N3O4S. The van der Waals surface area contributed by atoms with Gasteiger partial charge >= 0.3 is 5.97 Å². The van der Waals surface area contributed by atoms with E-state index in [1.54, 1.807) is 12.1 Å². The van der Waals surface area contributed by atoms with Crippen molar-refractivity contribution < 1.29 is 19.8 Å². The molecule has 3 N–H and O–H groups in total. The van der Waals surface area contributed by atoms with E-state index in [0.29, 0.717) is 0 Å². The number of nitrogens with zero attached hydrogens (tertiary/aromatic N) is 2. The van der Waals surface area contributed by atoms with Crippen LogP contribution in [-0.4, -0.2) is 38.7 Å². The van der Waals surface area contributed by atoms with Gasteiger partial charge in [0.2, 0.25) is 5.91 Å². The molecule has 0 radical (unpaired) electrons. The van der Waals surface area contributed by atoms with E-state index >= 15 is 0 Å². The van der Waals surface area contributed by atoms with E-state index in [9.17, 15) is 14.7 Å². The van der Waals surface area contributed by atoms with Gasteiger partial charge in [-0.1, -0.05) is 11.8 Å². The number of carboxylic acid groups (broad SMARTS) is 1. The predicted octanol–water partition coefficient (Wildman–Crippen LogP) is 1.41.